The Labute approximate surface area is 290 Å². The van der Waals surface area contributed by atoms with Gasteiger partial charge in [0.25, 0.3) is 0 Å². The van der Waals surface area contributed by atoms with Gasteiger partial charge in [-0.05, 0) is 44.9 Å². The van der Waals surface area contributed by atoms with Crippen molar-refractivity contribution in [1.82, 2.24) is 0 Å². The zero-order valence-electron chi connectivity index (χ0n) is 31.0. The summed E-state index contributed by atoms with van der Waals surface area (Å²) in [6.45, 7) is 6.49. The third-order valence-electron chi connectivity index (χ3n) is 8.46. The smallest absolute Gasteiger partial charge is 0.306 e. The normalized spacial score (nSPS) is 12.1. The summed E-state index contributed by atoms with van der Waals surface area (Å²) in [7, 11) is 0. The highest BCUT2D eigenvalue weighted by Crippen LogP contribution is 2.13. The molecule has 0 aliphatic rings. The number of carbonyl (C=O) groups excluding carboxylic acids is 3. The number of rotatable bonds is 35. The van der Waals surface area contributed by atoms with Gasteiger partial charge in [0.2, 0.25) is 0 Å². The van der Waals surface area contributed by atoms with E-state index in [2.05, 4.69) is 45.1 Å². The maximum Gasteiger partial charge on any atom is 0.306 e. The van der Waals surface area contributed by atoms with Gasteiger partial charge in [0, 0.05) is 19.3 Å². The minimum atomic E-state index is -0.765. The molecule has 0 radical (unpaired) electrons. The summed E-state index contributed by atoms with van der Waals surface area (Å²) in [5.74, 6) is -0.902. The third kappa shape index (κ3) is 35.0. The average molecular weight is 663 g/mol. The SMILES string of the molecule is CCCC/C=C\C/C=C\CCCCCCCC(=O)OCC(COC(=O)CCCCCCCCC)OC(=O)CCCCCCCCCC. The van der Waals surface area contributed by atoms with Gasteiger partial charge in [0.15, 0.2) is 6.10 Å². The summed E-state index contributed by atoms with van der Waals surface area (Å²) in [5, 5.41) is 0. The molecular weight excluding hydrogens is 588 g/mol. The van der Waals surface area contributed by atoms with Gasteiger partial charge >= 0.3 is 17.9 Å². The summed E-state index contributed by atoms with van der Waals surface area (Å²) in [4.78, 5) is 37.3. The lowest BCUT2D eigenvalue weighted by Crippen LogP contribution is -2.30. The largest absolute Gasteiger partial charge is 0.462 e. The number of unbranched alkanes of at least 4 members (excludes halogenated alkanes) is 20. The summed E-state index contributed by atoms with van der Waals surface area (Å²) in [6.07, 6.45) is 37.4. The second-order valence-corrected chi connectivity index (χ2v) is 13.2. The number of esters is 3. The molecule has 0 amide bonds. The highest BCUT2D eigenvalue weighted by Gasteiger charge is 2.19. The molecule has 1 unspecified atom stereocenters. The van der Waals surface area contributed by atoms with E-state index in [0.29, 0.717) is 19.3 Å². The third-order valence-corrected chi connectivity index (χ3v) is 8.46. The lowest BCUT2D eigenvalue weighted by atomic mass is 10.1. The maximum atomic E-state index is 12.5. The Morgan fingerprint density at radius 2 is 0.787 bits per heavy atom. The fraction of sp³-hybridized carbons (Fsp3) is 0.829. The van der Waals surface area contributed by atoms with E-state index in [4.69, 9.17) is 14.2 Å². The van der Waals surface area contributed by atoms with E-state index < -0.39 is 6.10 Å². The van der Waals surface area contributed by atoms with Crippen LogP contribution in [0.5, 0.6) is 0 Å². The van der Waals surface area contributed by atoms with Crippen LogP contribution in [0, 0.1) is 0 Å². The first-order valence-electron chi connectivity index (χ1n) is 19.8. The highest BCUT2D eigenvalue weighted by molar-refractivity contribution is 5.71. The summed E-state index contributed by atoms with van der Waals surface area (Å²) < 4.78 is 16.5. The van der Waals surface area contributed by atoms with Gasteiger partial charge in [0.1, 0.15) is 13.2 Å². The van der Waals surface area contributed by atoms with E-state index >= 15 is 0 Å². The van der Waals surface area contributed by atoms with Crippen LogP contribution in [-0.2, 0) is 28.6 Å². The number of hydrogen-bond acceptors (Lipinski definition) is 6. The van der Waals surface area contributed by atoms with Crippen LogP contribution in [0.3, 0.4) is 0 Å². The lowest BCUT2D eigenvalue weighted by molar-refractivity contribution is -0.167. The minimum absolute atomic E-state index is 0.0740. The summed E-state index contributed by atoms with van der Waals surface area (Å²) in [5.41, 5.74) is 0. The van der Waals surface area contributed by atoms with Gasteiger partial charge in [-0.3, -0.25) is 14.4 Å². The predicted octanol–water partition coefficient (Wildman–Crippen LogP) is 12.1. The Bertz CT molecular complexity index is 774. The van der Waals surface area contributed by atoms with Crippen LogP contribution >= 0.6 is 0 Å². The predicted molar refractivity (Wildman–Crippen MR) is 196 cm³/mol. The number of allylic oxidation sites excluding steroid dienone is 4. The van der Waals surface area contributed by atoms with Gasteiger partial charge in [-0.2, -0.15) is 0 Å². The van der Waals surface area contributed by atoms with Crippen molar-refractivity contribution in [3.63, 3.8) is 0 Å². The molecule has 6 nitrogen and oxygen atoms in total. The molecule has 0 fully saturated rings. The van der Waals surface area contributed by atoms with Crippen molar-refractivity contribution in [3.8, 4) is 0 Å². The maximum absolute atomic E-state index is 12.5. The van der Waals surface area contributed by atoms with E-state index in [0.717, 1.165) is 77.0 Å². The van der Waals surface area contributed by atoms with E-state index in [-0.39, 0.29) is 31.1 Å². The van der Waals surface area contributed by atoms with Gasteiger partial charge in [-0.15, -0.1) is 0 Å². The second kappa shape index (κ2) is 36.7. The molecule has 0 heterocycles. The second-order valence-electron chi connectivity index (χ2n) is 13.2. The van der Waals surface area contributed by atoms with Crippen molar-refractivity contribution in [2.24, 2.45) is 0 Å². The quantitative estimate of drug-likeness (QED) is 0.0291. The monoisotopic (exact) mass is 663 g/mol. The first kappa shape index (κ1) is 44.9. The number of ether oxygens (including phenoxy) is 3. The van der Waals surface area contributed by atoms with Crippen molar-refractivity contribution in [2.75, 3.05) is 13.2 Å². The van der Waals surface area contributed by atoms with Crippen LogP contribution in [-0.4, -0.2) is 37.2 Å². The van der Waals surface area contributed by atoms with Crippen molar-refractivity contribution in [2.45, 2.75) is 207 Å². The van der Waals surface area contributed by atoms with Crippen LogP contribution in [0.15, 0.2) is 24.3 Å². The molecule has 0 N–H and O–H groups in total. The fourth-order valence-corrected chi connectivity index (χ4v) is 5.40. The van der Waals surface area contributed by atoms with Crippen LogP contribution < -0.4 is 0 Å². The van der Waals surface area contributed by atoms with Crippen LogP contribution in [0.25, 0.3) is 0 Å². The fourth-order valence-electron chi connectivity index (χ4n) is 5.40. The Morgan fingerprint density at radius 3 is 1.23 bits per heavy atom. The number of carbonyl (C=O) groups is 3. The Hall–Kier alpha value is -2.11. The Balaban J connectivity index is 4.32. The van der Waals surface area contributed by atoms with Crippen molar-refractivity contribution < 1.29 is 28.6 Å². The van der Waals surface area contributed by atoms with Gasteiger partial charge < -0.3 is 14.2 Å². The zero-order chi connectivity index (χ0) is 34.5. The molecule has 0 bridgehead atoms. The van der Waals surface area contributed by atoms with Gasteiger partial charge in [0.05, 0.1) is 0 Å². The molecule has 47 heavy (non-hydrogen) atoms. The Kier molecular flexibility index (Phi) is 35.1. The molecule has 0 spiro atoms. The highest BCUT2D eigenvalue weighted by atomic mass is 16.6. The van der Waals surface area contributed by atoms with E-state index in [9.17, 15) is 14.4 Å². The summed E-state index contributed by atoms with van der Waals surface area (Å²) in [6, 6.07) is 0. The van der Waals surface area contributed by atoms with Gasteiger partial charge in [-0.1, -0.05) is 161 Å². The standard InChI is InChI=1S/C41H74O6/c1-4-7-10-13-16-18-19-20-21-22-23-26-28-31-34-40(43)46-37-38(36-45-39(42)33-30-27-24-15-12-9-6-3)47-41(44)35-32-29-25-17-14-11-8-5-2/h13,16,19-20,38H,4-12,14-15,17-18,21-37H2,1-3H3/b16-13-,20-19-. The molecule has 1 atom stereocenters. The molecule has 0 saturated carbocycles. The minimum Gasteiger partial charge on any atom is -0.462 e. The first-order valence-corrected chi connectivity index (χ1v) is 19.8. The Morgan fingerprint density at radius 1 is 0.426 bits per heavy atom. The van der Waals surface area contributed by atoms with Gasteiger partial charge in [-0.25, -0.2) is 0 Å². The van der Waals surface area contributed by atoms with Crippen LogP contribution in [0.4, 0.5) is 0 Å². The lowest BCUT2D eigenvalue weighted by Gasteiger charge is -2.18. The number of hydrogen-bond donors (Lipinski definition) is 0. The van der Waals surface area contributed by atoms with E-state index in [1.807, 2.05) is 0 Å². The van der Waals surface area contributed by atoms with Crippen LogP contribution in [0.1, 0.15) is 201 Å². The molecule has 0 aliphatic carbocycles. The van der Waals surface area contributed by atoms with Crippen LogP contribution in [0.2, 0.25) is 0 Å². The molecule has 0 saturated heterocycles. The molecule has 0 aromatic carbocycles. The molecule has 0 rings (SSSR count). The van der Waals surface area contributed by atoms with E-state index in [1.165, 1.54) is 83.5 Å². The average Bonchev–Trinajstić information content (AvgIpc) is 3.06. The molecule has 274 valence electrons. The van der Waals surface area contributed by atoms with Crippen molar-refractivity contribution in [3.05, 3.63) is 24.3 Å². The topological polar surface area (TPSA) is 78.9 Å². The van der Waals surface area contributed by atoms with E-state index in [1.54, 1.807) is 0 Å². The molecule has 6 heteroatoms. The molecule has 0 aliphatic heterocycles. The zero-order valence-corrected chi connectivity index (χ0v) is 31.0. The molecule has 0 aromatic heterocycles. The molecule has 0 aromatic rings. The first-order chi connectivity index (χ1) is 23.0. The van der Waals surface area contributed by atoms with Crippen molar-refractivity contribution in [1.29, 1.82) is 0 Å². The molecular formula is C41H74O6. The summed E-state index contributed by atoms with van der Waals surface area (Å²) >= 11 is 0. The van der Waals surface area contributed by atoms with Crippen molar-refractivity contribution >= 4 is 17.9 Å².